The monoisotopic (exact) mass is 383 g/mol. The number of hydrogen-bond donors (Lipinski definition) is 0. The third-order valence-corrected chi connectivity index (χ3v) is 4.02. The topological polar surface area (TPSA) is 80.0 Å². The predicted octanol–water partition coefficient (Wildman–Crippen LogP) is 3.96. The summed E-state index contributed by atoms with van der Waals surface area (Å²) >= 11 is 0. The van der Waals surface area contributed by atoms with Gasteiger partial charge in [-0.1, -0.05) is 12.1 Å². The summed E-state index contributed by atoms with van der Waals surface area (Å²) in [7, 11) is 4.58. The van der Waals surface area contributed by atoms with E-state index in [0.29, 0.717) is 33.9 Å². The van der Waals surface area contributed by atoms with E-state index in [1.807, 2.05) is 18.2 Å². The van der Waals surface area contributed by atoms with Crippen molar-refractivity contribution in [1.82, 2.24) is 4.98 Å². The Morgan fingerprint density at radius 1 is 1.07 bits per heavy atom. The Balaban J connectivity index is 2.15. The molecule has 0 aliphatic rings. The van der Waals surface area contributed by atoms with Gasteiger partial charge in [0.25, 0.3) is 0 Å². The number of nitrogens with zero attached hydrogens (tertiary/aromatic N) is 1. The molecule has 0 amide bonds. The van der Waals surface area contributed by atoms with Gasteiger partial charge in [-0.2, -0.15) is 0 Å². The van der Waals surface area contributed by atoms with Gasteiger partial charge in [-0.15, -0.1) is 0 Å². The molecular weight excluding hydrogens is 362 g/mol. The summed E-state index contributed by atoms with van der Waals surface area (Å²) in [4.78, 5) is 17.0. The van der Waals surface area contributed by atoms with Crippen molar-refractivity contribution in [3.8, 4) is 17.2 Å². The molecule has 0 saturated heterocycles. The fraction of sp³-hybridized carbons (Fsp3) is 0.238. The fourth-order valence-corrected chi connectivity index (χ4v) is 2.76. The average Bonchev–Trinajstić information content (AvgIpc) is 3.15. The molecule has 0 aliphatic heterocycles. The van der Waals surface area contributed by atoms with Crippen molar-refractivity contribution in [1.29, 1.82) is 0 Å². The zero-order valence-corrected chi connectivity index (χ0v) is 16.1. The second-order valence-corrected chi connectivity index (χ2v) is 5.72. The number of aromatic nitrogens is 1. The first-order chi connectivity index (χ1) is 13.6. The number of hydrogen-bond acceptors (Lipinski definition) is 7. The molecule has 28 heavy (non-hydrogen) atoms. The minimum Gasteiger partial charge on any atom is -0.493 e. The van der Waals surface area contributed by atoms with Gasteiger partial charge in [0, 0.05) is 0 Å². The lowest BCUT2D eigenvalue weighted by atomic mass is 10.1. The summed E-state index contributed by atoms with van der Waals surface area (Å²) in [6, 6.07) is 10.7. The van der Waals surface area contributed by atoms with E-state index in [1.54, 1.807) is 31.2 Å². The number of benzene rings is 2. The molecule has 0 spiro atoms. The number of oxazole rings is 1. The van der Waals surface area contributed by atoms with Crippen LogP contribution in [0.4, 0.5) is 0 Å². The van der Waals surface area contributed by atoms with Gasteiger partial charge in [0.05, 0.1) is 27.9 Å². The molecule has 0 aliphatic carbocycles. The van der Waals surface area contributed by atoms with Crippen LogP contribution >= 0.6 is 0 Å². The lowest BCUT2D eigenvalue weighted by molar-refractivity contribution is -0.136. The van der Waals surface area contributed by atoms with Gasteiger partial charge >= 0.3 is 5.97 Å². The maximum atomic E-state index is 12.6. The van der Waals surface area contributed by atoms with E-state index in [9.17, 15) is 4.79 Å². The SMILES string of the molecule is CCOC(=O)/C(=C\c1cc(OC)c(OC)c(OC)c1)c1nc2ccccc2o1. The van der Waals surface area contributed by atoms with E-state index in [1.165, 1.54) is 21.3 Å². The zero-order chi connectivity index (χ0) is 20.1. The minimum absolute atomic E-state index is 0.174. The van der Waals surface area contributed by atoms with Crippen LogP contribution in [-0.4, -0.2) is 38.9 Å². The van der Waals surface area contributed by atoms with Gasteiger partial charge in [-0.3, -0.25) is 0 Å². The first-order valence-electron chi connectivity index (χ1n) is 8.66. The number of rotatable bonds is 7. The second kappa shape index (κ2) is 8.47. The lowest BCUT2D eigenvalue weighted by Gasteiger charge is -2.13. The van der Waals surface area contributed by atoms with Crippen LogP contribution in [0.2, 0.25) is 0 Å². The number of methoxy groups -OCH3 is 3. The molecule has 7 nitrogen and oxygen atoms in total. The van der Waals surface area contributed by atoms with Crippen molar-refractivity contribution in [3.63, 3.8) is 0 Å². The van der Waals surface area contributed by atoms with Crippen LogP contribution in [0.1, 0.15) is 18.4 Å². The molecule has 3 aromatic rings. The van der Waals surface area contributed by atoms with Crippen LogP contribution in [0.15, 0.2) is 40.8 Å². The molecule has 3 rings (SSSR count). The molecule has 0 unspecified atom stereocenters. The van der Waals surface area contributed by atoms with Crippen LogP contribution < -0.4 is 14.2 Å². The molecule has 0 fully saturated rings. The minimum atomic E-state index is -0.539. The summed E-state index contributed by atoms with van der Waals surface area (Å²) in [6.45, 7) is 1.96. The highest BCUT2D eigenvalue weighted by atomic mass is 16.5. The number of carbonyl (C=O) groups excluding carboxylic acids is 1. The van der Waals surface area contributed by atoms with E-state index in [4.69, 9.17) is 23.4 Å². The summed E-state index contributed by atoms with van der Waals surface area (Å²) in [6.07, 6.45) is 1.62. The number of ether oxygens (including phenoxy) is 4. The predicted molar refractivity (Wildman–Crippen MR) is 105 cm³/mol. The van der Waals surface area contributed by atoms with Crippen LogP contribution in [0, 0.1) is 0 Å². The highest BCUT2D eigenvalue weighted by Gasteiger charge is 2.21. The van der Waals surface area contributed by atoms with Gasteiger partial charge in [0.15, 0.2) is 17.1 Å². The maximum Gasteiger partial charge on any atom is 0.343 e. The molecule has 0 atom stereocenters. The van der Waals surface area contributed by atoms with Crippen molar-refractivity contribution in [2.24, 2.45) is 0 Å². The Labute approximate surface area is 162 Å². The van der Waals surface area contributed by atoms with Crippen molar-refractivity contribution in [2.75, 3.05) is 27.9 Å². The lowest BCUT2D eigenvalue weighted by Crippen LogP contribution is -2.07. The van der Waals surface area contributed by atoms with Gasteiger partial charge in [0.2, 0.25) is 11.6 Å². The highest BCUT2D eigenvalue weighted by Crippen LogP contribution is 2.39. The van der Waals surface area contributed by atoms with E-state index >= 15 is 0 Å². The van der Waals surface area contributed by atoms with Crippen LogP contribution in [0.3, 0.4) is 0 Å². The fourth-order valence-electron chi connectivity index (χ4n) is 2.76. The van der Waals surface area contributed by atoms with Crippen LogP contribution in [0.5, 0.6) is 17.2 Å². The van der Waals surface area contributed by atoms with E-state index in [-0.39, 0.29) is 18.1 Å². The van der Waals surface area contributed by atoms with Gasteiger partial charge in [-0.25, -0.2) is 9.78 Å². The Hall–Kier alpha value is -3.48. The molecular formula is C21H21NO6. The number of esters is 1. The van der Waals surface area contributed by atoms with E-state index in [0.717, 1.165) is 0 Å². The highest BCUT2D eigenvalue weighted by molar-refractivity contribution is 6.20. The largest absolute Gasteiger partial charge is 0.493 e. The van der Waals surface area contributed by atoms with E-state index in [2.05, 4.69) is 4.98 Å². The standard InChI is InChI=1S/C21H21NO6/c1-5-27-21(23)14(20-22-15-8-6-7-9-16(15)28-20)10-13-11-17(24-2)19(26-4)18(12-13)25-3/h6-12H,5H2,1-4H3/b14-10-. The molecule has 0 saturated carbocycles. The Bertz CT molecular complexity index is 963. The molecule has 2 aromatic carbocycles. The first kappa shape index (κ1) is 19.3. The maximum absolute atomic E-state index is 12.6. The van der Waals surface area contributed by atoms with Crippen molar-refractivity contribution < 1.29 is 28.2 Å². The summed E-state index contributed by atoms with van der Waals surface area (Å²) in [5, 5.41) is 0. The Kier molecular flexibility index (Phi) is 5.84. The molecule has 146 valence electrons. The average molecular weight is 383 g/mol. The molecule has 7 heteroatoms. The molecule has 0 N–H and O–H groups in total. The van der Waals surface area contributed by atoms with Crippen molar-refractivity contribution >= 4 is 28.7 Å². The summed E-state index contributed by atoms with van der Waals surface area (Å²) < 4.78 is 27.0. The van der Waals surface area contributed by atoms with Gasteiger partial charge < -0.3 is 23.4 Å². The Morgan fingerprint density at radius 2 is 1.75 bits per heavy atom. The van der Waals surface area contributed by atoms with Crippen molar-refractivity contribution in [3.05, 3.63) is 47.9 Å². The molecule has 1 aromatic heterocycles. The van der Waals surface area contributed by atoms with Crippen LogP contribution in [0.25, 0.3) is 22.7 Å². The normalized spacial score (nSPS) is 11.4. The summed E-state index contributed by atoms with van der Waals surface area (Å²) in [5.74, 6) is 1.03. The zero-order valence-electron chi connectivity index (χ0n) is 16.1. The number of para-hydroxylation sites is 2. The first-order valence-corrected chi connectivity index (χ1v) is 8.66. The van der Waals surface area contributed by atoms with Crippen LogP contribution in [-0.2, 0) is 9.53 Å². The number of carbonyl (C=O) groups is 1. The van der Waals surface area contributed by atoms with E-state index < -0.39 is 5.97 Å². The quantitative estimate of drug-likeness (QED) is 0.451. The van der Waals surface area contributed by atoms with Gasteiger partial charge in [-0.05, 0) is 42.8 Å². The number of fused-ring (bicyclic) bond motifs is 1. The Morgan fingerprint density at radius 3 is 2.32 bits per heavy atom. The van der Waals surface area contributed by atoms with Crippen molar-refractivity contribution in [2.45, 2.75) is 6.92 Å². The van der Waals surface area contributed by atoms with Gasteiger partial charge in [0.1, 0.15) is 11.1 Å². The molecule has 1 heterocycles. The molecule has 0 radical (unpaired) electrons. The third-order valence-electron chi connectivity index (χ3n) is 4.02. The third kappa shape index (κ3) is 3.78. The second-order valence-electron chi connectivity index (χ2n) is 5.72. The summed E-state index contributed by atoms with van der Waals surface area (Å²) in [5.41, 5.74) is 2.06. The molecule has 0 bridgehead atoms. The smallest absolute Gasteiger partial charge is 0.343 e.